The van der Waals surface area contributed by atoms with Crippen LogP contribution < -0.4 is 10.6 Å². The van der Waals surface area contributed by atoms with Crippen molar-refractivity contribution in [2.45, 2.75) is 0 Å². The Kier molecular flexibility index (Phi) is 5.23. The van der Waals surface area contributed by atoms with Gasteiger partial charge in [0.25, 0.3) is 11.6 Å². The molecule has 1 aromatic heterocycles. The van der Waals surface area contributed by atoms with Crippen LogP contribution in [0.15, 0.2) is 83.3 Å². The molecule has 3 aromatic carbocycles. The molecule has 4 aromatic rings. The van der Waals surface area contributed by atoms with Crippen LogP contribution in [0.2, 0.25) is 0 Å². The highest BCUT2D eigenvalue weighted by molar-refractivity contribution is 7.80. The lowest BCUT2D eigenvalue weighted by Crippen LogP contribution is -2.33. The molecule has 148 valence electrons. The highest BCUT2D eigenvalue weighted by Gasteiger charge is 2.15. The summed E-state index contributed by atoms with van der Waals surface area (Å²) in [5, 5.41) is 18.7. The van der Waals surface area contributed by atoms with Gasteiger partial charge < -0.3 is 9.73 Å². The first kappa shape index (κ1) is 19.3. The molecule has 4 rings (SSSR count). The van der Waals surface area contributed by atoms with Gasteiger partial charge in [-0.15, -0.1) is 0 Å². The maximum absolute atomic E-state index is 12.4. The predicted molar refractivity (Wildman–Crippen MR) is 118 cm³/mol. The number of carbonyl (C=O) groups is 1. The van der Waals surface area contributed by atoms with Crippen molar-refractivity contribution in [2.75, 3.05) is 5.32 Å². The molecule has 0 saturated heterocycles. The number of amides is 1. The third kappa shape index (κ3) is 4.18. The van der Waals surface area contributed by atoms with Gasteiger partial charge in [-0.25, -0.2) is 0 Å². The zero-order valence-corrected chi connectivity index (χ0v) is 16.3. The lowest BCUT2D eigenvalue weighted by atomic mass is 10.1. The highest BCUT2D eigenvalue weighted by atomic mass is 32.1. The molecule has 7 nitrogen and oxygen atoms in total. The first-order valence-electron chi connectivity index (χ1n) is 8.95. The summed E-state index contributed by atoms with van der Waals surface area (Å²) >= 11 is 5.22. The van der Waals surface area contributed by atoms with E-state index in [1.54, 1.807) is 18.2 Å². The normalized spacial score (nSPS) is 10.5. The van der Waals surface area contributed by atoms with E-state index in [2.05, 4.69) is 10.6 Å². The van der Waals surface area contributed by atoms with Crippen LogP contribution in [0.5, 0.6) is 0 Å². The van der Waals surface area contributed by atoms with Crippen molar-refractivity contribution in [2.24, 2.45) is 0 Å². The number of anilines is 1. The maximum Gasteiger partial charge on any atom is 0.293 e. The van der Waals surface area contributed by atoms with Gasteiger partial charge in [-0.3, -0.25) is 20.2 Å². The van der Waals surface area contributed by atoms with Gasteiger partial charge in [0.15, 0.2) is 10.9 Å². The van der Waals surface area contributed by atoms with E-state index < -0.39 is 10.8 Å². The Morgan fingerprint density at radius 3 is 2.53 bits per heavy atom. The molecule has 0 aliphatic heterocycles. The van der Waals surface area contributed by atoms with Crippen molar-refractivity contribution >= 4 is 45.4 Å². The number of thiocarbonyl (C=S) groups is 1. The molecule has 30 heavy (non-hydrogen) atoms. The van der Waals surface area contributed by atoms with Crippen molar-refractivity contribution in [1.29, 1.82) is 0 Å². The molecule has 8 heteroatoms. The van der Waals surface area contributed by atoms with Gasteiger partial charge in [0.2, 0.25) is 0 Å². The molecule has 0 unspecified atom stereocenters. The summed E-state index contributed by atoms with van der Waals surface area (Å²) in [6.45, 7) is 0. The van der Waals surface area contributed by atoms with Gasteiger partial charge in [0.1, 0.15) is 5.76 Å². The molecule has 0 radical (unpaired) electrons. The van der Waals surface area contributed by atoms with E-state index in [1.165, 1.54) is 18.2 Å². The van der Waals surface area contributed by atoms with E-state index in [1.807, 2.05) is 42.5 Å². The highest BCUT2D eigenvalue weighted by Crippen LogP contribution is 2.26. The SMILES string of the molecule is O=C(NC(=S)Nc1ccc2ccccc2c1)c1ccc(-c2cccc([N+](=O)[O-])c2)o1. The fourth-order valence-corrected chi connectivity index (χ4v) is 3.19. The van der Waals surface area contributed by atoms with Gasteiger partial charge in [0, 0.05) is 23.4 Å². The number of nitrogens with one attached hydrogen (secondary N) is 2. The van der Waals surface area contributed by atoms with Crippen molar-refractivity contribution in [3.63, 3.8) is 0 Å². The smallest absolute Gasteiger partial charge is 0.293 e. The molecule has 0 atom stereocenters. The number of fused-ring (bicyclic) bond motifs is 1. The van der Waals surface area contributed by atoms with Crippen LogP contribution in [0.3, 0.4) is 0 Å². The Morgan fingerprint density at radius 1 is 0.933 bits per heavy atom. The summed E-state index contributed by atoms with van der Waals surface area (Å²) in [5.74, 6) is -0.138. The summed E-state index contributed by atoms with van der Waals surface area (Å²) in [6.07, 6.45) is 0. The number of benzene rings is 3. The molecule has 0 bridgehead atoms. The number of nitro benzene ring substituents is 1. The average molecular weight is 417 g/mol. The summed E-state index contributed by atoms with van der Waals surface area (Å²) in [4.78, 5) is 22.9. The van der Waals surface area contributed by atoms with Crippen molar-refractivity contribution < 1.29 is 14.1 Å². The van der Waals surface area contributed by atoms with Crippen LogP contribution in [-0.2, 0) is 0 Å². The zero-order valence-electron chi connectivity index (χ0n) is 15.5. The lowest BCUT2D eigenvalue weighted by molar-refractivity contribution is -0.384. The largest absolute Gasteiger partial charge is 0.451 e. The Morgan fingerprint density at radius 2 is 1.73 bits per heavy atom. The van der Waals surface area contributed by atoms with E-state index in [-0.39, 0.29) is 16.6 Å². The molecule has 0 aliphatic carbocycles. The summed E-state index contributed by atoms with van der Waals surface area (Å²) < 4.78 is 5.55. The number of rotatable bonds is 4. The second-order valence-electron chi connectivity index (χ2n) is 6.44. The number of nitrogens with zero attached hydrogens (tertiary/aromatic N) is 1. The standard InChI is InChI=1S/C22H15N3O4S/c26-21(20-11-10-19(29-20)16-6-3-7-18(13-16)25(27)28)24-22(30)23-17-9-8-14-4-1-2-5-15(14)12-17/h1-13H,(H2,23,24,26,30). The van der Waals surface area contributed by atoms with Crippen molar-refractivity contribution in [3.8, 4) is 11.3 Å². The van der Waals surface area contributed by atoms with Crippen LogP contribution in [0.4, 0.5) is 11.4 Å². The van der Waals surface area contributed by atoms with Crippen LogP contribution >= 0.6 is 12.2 Å². The van der Waals surface area contributed by atoms with E-state index in [4.69, 9.17) is 16.6 Å². The van der Waals surface area contributed by atoms with Gasteiger partial charge in [-0.1, -0.05) is 42.5 Å². The molecule has 0 spiro atoms. The van der Waals surface area contributed by atoms with Crippen molar-refractivity contribution in [1.82, 2.24) is 5.32 Å². The Balaban J connectivity index is 1.44. The minimum atomic E-state index is -0.523. The van der Waals surface area contributed by atoms with Crippen LogP contribution in [0.25, 0.3) is 22.1 Å². The second kappa shape index (κ2) is 8.14. The molecule has 1 amide bonds. The first-order valence-corrected chi connectivity index (χ1v) is 9.36. The van der Waals surface area contributed by atoms with Crippen LogP contribution in [-0.4, -0.2) is 15.9 Å². The molecule has 1 heterocycles. The number of hydrogen-bond donors (Lipinski definition) is 2. The third-order valence-corrected chi connectivity index (χ3v) is 4.61. The lowest BCUT2D eigenvalue weighted by Gasteiger charge is -2.09. The van der Waals surface area contributed by atoms with E-state index in [0.717, 1.165) is 16.5 Å². The van der Waals surface area contributed by atoms with Crippen LogP contribution in [0.1, 0.15) is 10.6 Å². The van der Waals surface area contributed by atoms with Crippen LogP contribution in [0, 0.1) is 10.1 Å². The zero-order chi connectivity index (χ0) is 21.1. The average Bonchev–Trinajstić information content (AvgIpc) is 3.24. The van der Waals surface area contributed by atoms with E-state index >= 15 is 0 Å². The third-order valence-electron chi connectivity index (χ3n) is 4.41. The van der Waals surface area contributed by atoms with Gasteiger partial charge in [0.05, 0.1) is 4.92 Å². The maximum atomic E-state index is 12.4. The van der Waals surface area contributed by atoms with Gasteiger partial charge >= 0.3 is 0 Å². The predicted octanol–water partition coefficient (Wildman–Crippen LogP) is 5.13. The monoisotopic (exact) mass is 417 g/mol. The number of hydrogen-bond acceptors (Lipinski definition) is 5. The first-order chi connectivity index (χ1) is 14.5. The van der Waals surface area contributed by atoms with E-state index in [0.29, 0.717) is 11.3 Å². The number of furan rings is 1. The molecule has 0 aliphatic rings. The Hall–Kier alpha value is -4.04. The van der Waals surface area contributed by atoms with Gasteiger partial charge in [-0.05, 0) is 47.3 Å². The quantitative estimate of drug-likeness (QED) is 0.271. The summed E-state index contributed by atoms with van der Waals surface area (Å²) in [6, 6.07) is 22.7. The van der Waals surface area contributed by atoms with Gasteiger partial charge in [-0.2, -0.15) is 0 Å². The molecular weight excluding hydrogens is 402 g/mol. The summed E-state index contributed by atoms with van der Waals surface area (Å²) in [7, 11) is 0. The molecule has 0 saturated carbocycles. The fourth-order valence-electron chi connectivity index (χ4n) is 2.98. The minimum Gasteiger partial charge on any atom is -0.451 e. The van der Waals surface area contributed by atoms with E-state index in [9.17, 15) is 14.9 Å². The molecule has 2 N–H and O–H groups in total. The summed E-state index contributed by atoms with van der Waals surface area (Å²) in [5.41, 5.74) is 1.19. The topological polar surface area (TPSA) is 97.4 Å². The molecular formula is C22H15N3O4S. The second-order valence-corrected chi connectivity index (χ2v) is 6.85. The Bertz CT molecular complexity index is 1280. The minimum absolute atomic E-state index is 0.0409. The van der Waals surface area contributed by atoms with Crippen molar-refractivity contribution in [3.05, 3.63) is 94.7 Å². The number of nitro groups is 1. The molecule has 0 fully saturated rings. The number of non-ortho nitro benzene ring substituents is 1. The number of carbonyl (C=O) groups excluding carboxylic acids is 1. The fraction of sp³-hybridized carbons (Fsp3) is 0. The Labute approximate surface area is 176 Å².